The van der Waals surface area contributed by atoms with Crippen LogP contribution in [0.5, 0.6) is 0 Å². The van der Waals surface area contributed by atoms with E-state index in [4.69, 9.17) is 4.74 Å². The summed E-state index contributed by atoms with van der Waals surface area (Å²) < 4.78 is 5.62. The smallest absolute Gasteiger partial charge is 0.190 e. The fraction of sp³-hybridized carbons (Fsp3) is 0.667. The summed E-state index contributed by atoms with van der Waals surface area (Å²) in [7, 11) is 1.81. The summed E-state index contributed by atoms with van der Waals surface area (Å²) in [4.78, 5) is 8.48. The molecule has 1 fully saturated rings. The Morgan fingerprint density at radius 3 is 2.67 bits per heavy atom. The SMILES string of the molecule is CN=C(NCCCCNc1ccccn1)NCCCOCC1CC1. The standard InChI is InChI=1S/C18H31N5O/c1-19-18(23-13-6-14-24-15-16-8-9-16)22-12-5-4-11-21-17-7-2-3-10-20-17/h2-3,7,10,16H,4-6,8-9,11-15H2,1H3,(H,20,21)(H2,19,22,23). The second kappa shape index (κ2) is 11.7. The van der Waals surface area contributed by atoms with Gasteiger partial charge in [0.15, 0.2) is 5.96 Å². The second-order valence-electron chi connectivity index (χ2n) is 6.15. The number of nitrogens with zero attached hydrogens (tertiary/aromatic N) is 2. The molecule has 0 aromatic carbocycles. The molecule has 0 bridgehead atoms. The Morgan fingerprint density at radius 1 is 1.17 bits per heavy atom. The molecular formula is C18H31N5O. The number of ether oxygens (including phenoxy) is 1. The molecule has 0 aliphatic heterocycles. The molecule has 1 aromatic heterocycles. The lowest BCUT2D eigenvalue weighted by molar-refractivity contribution is 0.123. The third-order valence-electron chi connectivity index (χ3n) is 3.90. The minimum Gasteiger partial charge on any atom is -0.381 e. The van der Waals surface area contributed by atoms with Gasteiger partial charge in [-0.05, 0) is 50.2 Å². The highest BCUT2D eigenvalue weighted by Gasteiger charge is 2.20. The van der Waals surface area contributed by atoms with Crippen LogP contribution >= 0.6 is 0 Å². The summed E-state index contributed by atoms with van der Waals surface area (Å²) in [6.07, 6.45) is 7.71. The molecule has 0 amide bonds. The highest BCUT2D eigenvalue weighted by atomic mass is 16.5. The summed E-state index contributed by atoms with van der Waals surface area (Å²) in [5.41, 5.74) is 0. The lowest BCUT2D eigenvalue weighted by atomic mass is 10.3. The van der Waals surface area contributed by atoms with Crippen LogP contribution in [-0.2, 0) is 4.74 Å². The maximum absolute atomic E-state index is 5.62. The average Bonchev–Trinajstić information content (AvgIpc) is 3.44. The van der Waals surface area contributed by atoms with Gasteiger partial charge in [0.25, 0.3) is 0 Å². The molecule has 24 heavy (non-hydrogen) atoms. The van der Waals surface area contributed by atoms with Gasteiger partial charge in [-0.15, -0.1) is 0 Å². The van der Waals surface area contributed by atoms with E-state index >= 15 is 0 Å². The molecule has 0 unspecified atom stereocenters. The number of aliphatic imine (C=N–C) groups is 1. The molecule has 1 heterocycles. The van der Waals surface area contributed by atoms with Crippen molar-refractivity contribution in [3.05, 3.63) is 24.4 Å². The van der Waals surface area contributed by atoms with E-state index in [-0.39, 0.29) is 0 Å². The number of hydrogen-bond donors (Lipinski definition) is 3. The van der Waals surface area contributed by atoms with Gasteiger partial charge in [0, 0.05) is 46.1 Å². The minimum absolute atomic E-state index is 0.833. The van der Waals surface area contributed by atoms with E-state index in [2.05, 4.69) is 25.9 Å². The van der Waals surface area contributed by atoms with Gasteiger partial charge in [0.05, 0.1) is 0 Å². The summed E-state index contributed by atoms with van der Waals surface area (Å²) in [5, 5.41) is 9.98. The molecule has 6 nitrogen and oxygen atoms in total. The first-order valence-electron chi connectivity index (χ1n) is 9.05. The van der Waals surface area contributed by atoms with Crippen molar-refractivity contribution in [3.8, 4) is 0 Å². The quantitative estimate of drug-likeness (QED) is 0.311. The van der Waals surface area contributed by atoms with Crippen LogP contribution in [0.1, 0.15) is 32.1 Å². The van der Waals surface area contributed by atoms with Gasteiger partial charge >= 0.3 is 0 Å². The van der Waals surface area contributed by atoms with Crippen molar-refractivity contribution in [2.45, 2.75) is 32.1 Å². The predicted molar refractivity (Wildman–Crippen MR) is 99.5 cm³/mol. The Bertz CT molecular complexity index is 462. The molecule has 0 atom stereocenters. The average molecular weight is 333 g/mol. The van der Waals surface area contributed by atoms with Gasteiger partial charge in [-0.3, -0.25) is 4.99 Å². The van der Waals surface area contributed by atoms with Crippen LogP contribution in [0.4, 0.5) is 5.82 Å². The number of unbranched alkanes of at least 4 members (excludes halogenated alkanes) is 1. The molecule has 1 aromatic rings. The number of nitrogens with one attached hydrogen (secondary N) is 3. The van der Waals surface area contributed by atoms with Crippen LogP contribution in [0, 0.1) is 5.92 Å². The summed E-state index contributed by atoms with van der Waals surface area (Å²) in [6.45, 7) is 4.52. The third-order valence-corrected chi connectivity index (χ3v) is 3.90. The Kier molecular flexibility index (Phi) is 9.01. The first kappa shape index (κ1) is 18.5. The largest absolute Gasteiger partial charge is 0.381 e. The lowest BCUT2D eigenvalue weighted by Crippen LogP contribution is -2.38. The summed E-state index contributed by atoms with van der Waals surface area (Å²) >= 11 is 0. The Labute approximate surface area is 145 Å². The molecule has 2 rings (SSSR count). The van der Waals surface area contributed by atoms with Gasteiger partial charge in [-0.25, -0.2) is 4.98 Å². The van der Waals surface area contributed by atoms with E-state index in [1.54, 1.807) is 6.20 Å². The zero-order valence-electron chi connectivity index (χ0n) is 14.8. The fourth-order valence-electron chi connectivity index (χ4n) is 2.28. The van der Waals surface area contributed by atoms with Gasteiger partial charge in [0.2, 0.25) is 0 Å². The normalized spacial score (nSPS) is 14.5. The van der Waals surface area contributed by atoms with Crippen LogP contribution in [0.15, 0.2) is 29.4 Å². The number of rotatable bonds is 12. The van der Waals surface area contributed by atoms with Crippen molar-refractivity contribution < 1.29 is 4.74 Å². The molecule has 0 saturated heterocycles. The second-order valence-corrected chi connectivity index (χ2v) is 6.15. The van der Waals surface area contributed by atoms with Crippen molar-refractivity contribution in [1.29, 1.82) is 0 Å². The van der Waals surface area contributed by atoms with Crippen molar-refractivity contribution in [1.82, 2.24) is 15.6 Å². The first-order chi connectivity index (χ1) is 11.9. The number of guanidine groups is 1. The predicted octanol–water partition coefficient (Wildman–Crippen LogP) is 2.26. The van der Waals surface area contributed by atoms with E-state index in [9.17, 15) is 0 Å². The number of aromatic nitrogens is 1. The van der Waals surface area contributed by atoms with Gasteiger partial charge in [0.1, 0.15) is 5.82 Å². The van der Waals surface area contributed by atoms with E-state index < -0.39 is 0 Å². The molecule has 6 heteroatoms. The van der Waals surface area contributed by atoms with Crippen molar-refractivity contribution in [3.63, 3.8) is 0 Å². The van der Waals surface area contributed by atoms with E-state index in [1.165, 1.54) is 12.8 Å². The van der Waals surface area contributed by atoms with Crippen molar-refractivity contribution in [2.24, 2.45) is 10.9 Å². The Balaban J connectivity index is 1.40. The molecule has 1 aliphatic rings. The molecule has 0 spiro atoms. The Hall–Kier alpha value is -1.82. The highest BCUT2D eigenvalue weighted by molar-refractivity contribution is 5.79. The minimum atomic E-state index is 0.833. The van der Waals surface area contributed by atoms with Gasteiger partial charge in [-0.1, -0.05) is 6.07 Å². The fourth-order valence-corrected chi connectivity index (χ4v) is 2.28. The number of hydrogen-bond acceptors (Lipinski definition) is 4. The van der Waals surface area contributed by atoms with E-state index in [1.807, 2.05) is 25.2 Å². The van der Waals surface area contributed by atoms with Crippen LogP contribution in [0.3, 0.4) is 0 Å². The maximum Gasteiger partial charge on any atom is 0.190 e. The first-order valence-corrected chi connectivity index (χ1v) is 9.05. The third kappa shape index (κ3) is 8.72. The zero-order chi connectivity index (χ0) is 16.9. The molecule has 1 aliphatic carbocycles. The van der Waals surface area contributed by atoms with Gasteiger partial charge in [-0.2, -0.15) is 0 Å². The topological polar surface area (TPSA) is 70.6 Å². The molecule has 0 radical (unpaired) electrons. The van der Waals surface area contributed by atoms with Crippen molar-refractivity contribution in [2.75, 3.05) is 45.2 Å². The number of pyridine rings is 1. The zero-order valence-corrected chi connectivity index (χ0v) is 14.8. The van der Waals surface area contributed by atoms with E-state index in [0.29, 0.717) is 0 Å². The highest BCUT2D eigenvalue weighted by Crippen LogP contribution is 2.28. The van der Waals surface area contributed by atoms with Crippen LogP contribution in [0.2, 0.25) is 0 Å². The van der Waals surface area contributed by atoms with E-state index in [0.717, 1.165) is 69.8 Å². The van der Waals surface area contributed by atoms with Crippen molar-refractivity contribution >= 4 is 11.8 Å². The maximum atomic E-state index is 5.62. The lowest BCUT2D eigenvalue weighted by Gasteiger charge is -2.12. The Morgan fingerprint density at radius 2 is 1.96 bits per heavy atom. The molecule has 3 N–H and O–H groups in total. The summed E-state index contributed by atoms with van der Waals surface area (Å²) in [6, 6.07) is 5.90. The van der Waals surface area contributed by atoms with Crippen LogP contribution < -0.4 is 16.0 Å². The molecule has 134 valence electrons. The van der Waals surface area contributed by atoms with Crippen LogP contribution in [0.25, 0.3) is 0 Å². The van der Waals surface area contributed by atoms with Gasteiger partial charge < -0.3 is 20.7 Å². The monoisotopic (exact) mass is 333 g/mol. The number of anilines is 1. The molecular weight excluding hydrogens is 302 g/mol. The van der Waals surface area contributed by atoms with Crippen LogP contribution in [-0.4, -0.2) is 50.8 Å². The summed E-state index contributed by atoms with van der Waals surface area (Å²) in [5.74, 6) is 2.65. The molecule has 1 saturated carbocycles.